The van der Waals surface area contributed by atoms with Crippen molar-refractivity contribution in [3.63, 3.8) is 0 Å². The molecule has 4 heterocycles. The van der Waals surface area contributed by atoms with Crippen molar-refractivity contribution in [2.24, 2.45) is 5.73 Å². The summed E-state index contributed by atoms with van der Waals surface area (Å²) in [5.41, 5.74) is 18.6. The van der Waals surface area contributed by atoms with Crippen molar-refractivity contribution >= 4 is 22.9 Å². The van der Waals surface area contributed by atoms with Gasteiger partial charge in [-0.1, -0.05) is 0 Å². The second-order valence-corrected chi connectivity index (χ2v) is 6.14. The molecule has 2 fully saturated rings. The first kappa shape index (κ1) is 14.6. The van der Waals surface area contributed by atoms with Crippen LogP contribution in [-0.2, 0) is 14.2 Å². The zero-order chi connectivity index (χ0) is 16.4. The Kier molecular flexibility index (Phi) is 3.00. The summed E-state index contributed by atoms with van der Waals surface area (Å²) in [4.78, 5) is 12.4. The highest BCUT2D eigenvalue weighted by atomic mass is 16.8. The minimum atomic E-state index is -0.718. The Bertz CT molecular complexity index is 761. The molecule has 2 aromatic rings. The summed E-state index contributed by atoms with van der Waals surface area (Å²) >= 11 is 0. The van der Waals surface area contributed by atoms with E-state index in [1.165, 1.54) is 6.33 Å². The fourth-order valence-corrected chi connectivity index (χ4v) is 3.25. The van der Waals surface area contributed by atoms with E-state index in [4.69, 9.17) is 31.4 Å². The normalized spacial score (nSPS) is 32.5. The van der Waals surface area contributed by atoms with E-state index < -0.39 is 12.0 Å². The number of imidazole rings is 1. The highest BCUT2D eigenvalue weighted by Gasteiger charge is 2.56. The van der Waals surface area contributed by atoms with Gasteiger partial charge in [0.05, 0.1) is 0 Å². The van der Waals surface area contributed by atoms with Gasteiger partial charge < -0.3 is 31.4 Å². The third kappa shape index (κ3) is 2.06. The Labute approximate surface area is 131 Å². The minimum Gasteiger partial charge on any atom is -0.382 e. The van der Waals surface area contributed by atoms with E-state index in [2.05, 4.69) is 15.0 Å². The first-order valence-corrected chi connectivity index (χ1v) is 7.36. The van der Waals surface area contributed by atoms with Gasteiger partial charge in [0.1, 0.15) is 24.6 Å². The van der Waals surface area contributed by atoms with E-state index in [9.17, 15) is 0 Å². The van der Waals surface area contributed by atoms with Crippen LogP contribution in [0.15, 0.2) is 6.33 Å². The topological polar surface area (TPSA) is 149 Å². The second-order valence-electron chi connectivity index (χ2n) is 6.14. The molecular formula is C13H19N7O3. The molecule has 2 aliphatic heterocycles. The number of anilines is 2. The van der Waals surface area contributed by atoms with Gasteiger partial charge in [0.2, 0.25) is 5.95 Å². The van der Waals surface area contributed by atoms with Crippen LogP contribution in [0.5, 0.6) is 0 Å². The number of nitrogens with zero attached hydrogens (tertiary/aromatic N) is 4. The van der Waals surface area contributed by atoms with Crippen molar-refractivity contribution in [2.45, 2.75) is 44.2 Å². The molecule has 2 aliphatic rings. The van der Waals surface area contributed by atoms with Gasteiger partial charge in [-0.05, 0) is 13.8 Å². The quantitative estimate of drug-likeness (QED) is 0.656. The van der Waals surface area contributed by atoms with E-state index in [0.29, 0.717) is 17.7 Å². The number of fused-ring (bicyclic) bond motifs is 2. The SMILES string of the molecule is CC1(C)O[C@@H]2[C@H](O1)[C@@H](CN)O[C@H]2n1c(N)nc2c(N)ncnc21. The second kappa shape index (κ2) is 4.74. The number of nitrogen functional groups attached to an aromatic ring is 2. The molecule has 0 saturated carbocycles. The summed E-state index contributed by atoms with van der Waals surface area (Å²) in [5, 5.41) is 0. The molecular weight excluding hydrogens is 302 g/mol. The molecule has 4 rings (SSSR count). The summed E-state index contributed by atoms with van der Waals surface area (Å²) in [6, 6.07) is 0. The van der Waals surface area contributed by atoms with E-state index >= 15 is 0 Å². The number of hydrogen-bond donors (Lipinski definition) is 3. The molecule has 10 nitrogen and oxygen atoms in total. The van der Waals surface area contributed by atoms with Crippen LogP contribution in [-0.4, -0.2) is 50.2 Å². The number of hydrogen-bond acceptors (Lipinski definition) is 9. The van der Waals surface area contributed by atoms with E-state index in [1.54, 1.807) is 4.57 Å². The Morgan fingerprint density at radius 1 is 1.22 bits per heavy atom. The third-order valence-electron chi connectivity index (χ3n) is 4.14. The van der Waals surface area contributed by atoms with Crippen LogP contribution in [0, 0.1) is 0 Å². The van der Waals surface area contributed by atoms with Crippen molar-refractivity contribution in [1.82, 2.24) is 19.5 Å². The van der Waals surface area contributed by atoms with Gasteiger partial charge in [-0.3, -0.25) is 4.57 Å². The Balaban J connectivity index is 1.82. The van der Waals surface area contributed by atoms with E-state index in [0.717, 1.165) is 0 Å². The zero-order valence-electron chi connectivity index (χ0n) is 12.8. The van der Waals surface area contributed by atoms with Gasteiger partial charge in [0, 0.05) is 6.54 Å². The van der Waals surface area contributed by atoms with Gasteiger partial charge >= 0.3 is 0 Å². The first-order chi connectivity index (χ1) is 10.9. The third-order valence-corrected chi connectivity index (χ3v) is 4.14. The molecule has 23 heavy (non-hydrogen) atoms. The van der Waals surface area contributed by atoms with Gasteiger partial charge in [-0.2, -0.15) is 0 Å². The van der Waals surface area contributed by atoms with Crippen molar-refractivity contribution < 1.29 is 14.2 Å². The molecule has 0 aromatic carbocycles. The maximum Gasteiger partial charge on any atom is 0.204 e. The van der Waals surface area contributed by atoms with Crippen LogP contribution >= 0.6 is 0 Å². The van der Waals surface area contributed by atoms with E-state index in [-0.39, 0.29) is 30.1 Å². The van der Waals surface area contributed by atoms with Crippen molar-refractivity contribution in [3.05, 3.63) is 6.33 Å². The molecule has 0 spiro atoms. The predicted octanol–water partition coefficient (Wildman–Crippen LogP) is -0.633. The van der Waals surface area contributed by atoms with Crippen LogP contribution in [0.2, 0.25) is 0 Å². The fourth-order valence-electron chi connectivity index (χ4n) is 3.25. The maximum atomic E-state index is 6.06. The van der Waals surface area contributed by atoms with Gasteiger partial charge in [0.25, 0.3) is 0 Å². The molecule has 0 unspecified atom stereocenters. The summed E-state index contributed by atoms with van der Waals surface area (Å²) in [5.74, 6) is -0.236. The first-order valence-electron chi connectivity index (χ1n) is 7.36. The highest BCUT2D eigenvalue weighted by molar-refractivity contribution is 5.83. The summed E-state index contributed by atoms with van der Waals surface area (Å²) in [6.07, 6.45) is -0.138. The molecule has 0 radical (unpaired) electrons. The molecule has 4 atom stereocenters. The number of ether oxygens (including phenoxy) is 3. The zero-order valence-corrected chi connectivity index (χ0v) is 12.8. The summed E-state index contributed by atoms with van der Waals surface area (Å²) in [7, 11) is 0. The molecule has 124 valence electrons. The molecule has 10 heteroatoms. The summed E-state index contributed by atoms with van der Waals surface area (Å²) in [6.45, 7) is 4.01. The van der Waals surface area contributed by atoms with Gasteiger partial charge in [-0.15, -0.1) is 0 Å². The van der Waals surface area contributed by atoms with Crippen molar-refractivity contribution in [1.29, 1.82) is 0 Å². The Morgan fingerprint density at radius 2 is 1.96 bits per heavy atom. The van der Waals surface area contributed by atoms with Crippen LogP contribution in [0.1, 0.15) is 20.1 Å². The lowest BCUT2D eigenvalue weighted by molar-refractivity contribution is -0.194. The smallest absolute Gasteiger partial charge is 0.204 e. The molecule has 2 saturated heterocycles. The van der Waals surface area contributed by atoms with Crippen LogP contribution in [0.4, 0.5) is 11.8 Å². The van der Waals surface area contributed by atoms with Gasteiger partial charge in [0.15, 0.2) is 29.0 Å². The Hall–Kier alpha value is -2.01. The van der Waals surface area contributed by atoms with Crippen LogP contribution < -0.4 is 17.2 Å². The minimum absolute atomic E-state index is 0.224. The average molecular weight is 321 g/mol. The lowest BCUT2D eigenvalue weighted by Gasteiger charge is -2.24. The molecule has 0 bridgehead atoms. The monoisotopic (exact) mass is 321 g/mol. The number of aromatic nitrogens is 4. The Morgan fingerprint density at radius 3 is 2.70 bits per heavy atom. The van der Waals surface area contributed by atoms with E-state index in [1.807, 2.05) is 13.8 Å². The highest BCUT2D eigenvalue weighted by Crippen LogP contribution is 2.44. The molecule has 2 aromatic heterocycles. The molecule has 6 N–H and O–H groups in total. The number of rotatable bonds is 2. The van der Waals surface area contributed by atoms with Gasteiger partial charge in [-0.25, -0.2) is 15.0 Å². The average Bonchev–Trinajstić information content (AvgIpc) is 3.08. The predicted molar refractivity (Wildman–Crippen MR) is 80.9 cm³/mol. The number of nitrogens with two attached hydrogens (primary N) is 3. The lowest BCUT2D eigenvalue weighted by Crippen LogP contribution is -2.34. The van der Waals surface area contributed by atoms with Crippen LogP contribution in [0.3, 0.4) is 0 Å². The van der Waals surface area contributed by atoms with Crippen molar-refractivity contribution in [2.75, 3.05) is 18.0 Å². The fraction of sp³-hybridized carbons (Fsp3) is 0.615. The van der Waals surface area contributed by atoms with Crippen LogP contribution in [0.25, 0.3) is 11.2 Å². The summed E-state index contributed by atoms with van der Waals surface area (Å²) < 4.78 is 19.6. The maximum absolute atomic E-state index is 6.06. The molecule has 0 aliphatic carbocycles. The largest absolute Gasteiger partial charge is 0.382 e. The lowest BCUT2D eigenvalue weighted by atomic mass is 10.1. The standard InChI is InChI=1S/C13H19N7O3/c1-13(2)22-7-5(3-14)21-11(8(7)23-13)20-10-6(19-12(20)16)9(15)17-4-18-10/h4-5,7-8,11H,3,14H2,1-2H3,(H2,16,19)(H2,15,17,18)/t5-,7-,8-,11-/m1/s1. The molecule has 0 amide bonds. The van der Waals surface area contributed by atoms with Crippen molar-refractivity contribution in [3.8, 4) is 0 Å².